The summed E-state index contributed by atoms with van der Waals surface area (Å²) >= 11 is 0. The maximum Gasteiger partial charge on any atom is 0.410 e. The number of carbonyl (C=O) groups excluding carboxylic acids is 1. The van der Waals surface area contributed by atoms with Gasteiger partial charge in [-0.3, -0.25) is 0 Å². The lowest BCUT2D eigenvalue weighted by Crippen LogP contribution is -2.50. The molecule has 1 aromatic carbocycles. The van der Waals surface area contributed by atoms with Crippen molar-refractivity contribution in [2.24, 2.45) is 0 Å². The second-order valence-corrected chi connectivity index (χ2v) is 12.4. The van der Waals surface area contributed by atoms with E-state index in [2.05, 4.69) is 4.98 Å². The normalized spacial score (nSPS) is 14.9. The lowest BCUT2D eigenvalue weighted by Gasteiger charge is -2.36. The van der Waals surface area contributed by atoms with Gasteiger partial charge in [-0.05, 0) is 51.5 Å². The standard InChI is InChI=1S/C26H32F2N4O4S/c1-5-16-37(34,35)17-18-6-7-19(27)24(23(18)28)32-11-10-20-21(32)8-9-22(29-20)30-12-14-31(15-13-30)25(33)36-26(2,3)4/h6-11H,5,12-17H2,1-4H3. The first kappa shape index (κ1) is 26.8. The Balaban J connectivity index is 1.56. The number of carbonyl (C=O) groups is 1. The van der Waals surface area contributed by atoms with Crippen molar-refractivity contribution in [3.63, 3.8) is 0 Å². The van der Waals surface area contributed by atoms with Crippen LogP contribution in [0.25, 0.3) is 16.7 Å². The molecular weight excluding hydrogens is 502 g/mol. The Kier molecular flexibility index (Phi) is 7.45. The molecule has 2 aromatic heterocycles. The van der Waals surface area contributed by atoms with E-state index in [-0.39, 0.29) is 23.1 Å². The number of pyridine rings is 1. The highest BCUT2D eigenvalue weighted by Gasteiger charge is 2.27. The van der Waals surface area contributed by atoms with Crippen molar-refractivity contribution in [1.82, 2.24) is 14.5 Å². The number of piperazine rings is 1. The van der Waals surface area contributed by atoms with E-state index in [1.807, 2.05) is 25.7 Å². The quantitative estimate of drug-likeness (QED) is 0.456. The Morgan fingerprint density at radius 2 is 1.76 bits per heavy atom. The van der Waals surface area contributed by atoms with Crippen molar-refractivity contribution >= 4 is 32.8 Å². The Bertz CT molecular complexity index is 1410. The molecule has 0 aliphatic carbocycles. The topological polar surface area (TPSA) is 84.7 Å². The Labute approximate surface area is 215 Å². The molecule has 4 rings (SSSR count). The smallest absolute Gasteiger partial charge is 0.410 e. The third kappa shape index (κ3) is 6.03. The van der Waals surface area contributed by atoms with Gasteiger partial charge in [-0.25, -0.2) is 27.0 Å². The van der Waals surface area contributed by atoms with E-state index in [1.54, 1.807) is 30.0 Å². The summed E-state index contributed by atoms with van der Waals surface area (Å²) in [4.78, 5) is 20.7. The maximum atomic E-state index is 15.4. The molecule has 37 heavy (non-hydrogen) atoms. The molecule has 0 bridgehead atoms. The molecule has 1 fully saturated rings. The number of halogens is 2. The van der Waals surface area contributed by atoms with Crippen LogP contribution in [0, 0.1) is 11.6 Å². The van der Waals surface area contributed by atoms with Gasteiger partial charge in [0, 0.05) is 37.9 Å². The van der Waals surface area contributed by atoms with Gasteiger partial charge in [0.15, 0.2) is 15.7 Å². The van der Waals surface area contributed by atoms with Gasteiger partial charge >= 0.3 is 6.09 Å². The number of benzene rings is 1. The van der Waals surface area contributed by atoms with Crippen molar-refractivity contribution in [2.75, 3.05) is 36.8 Å². The molecule has 1 aliphatic heterocycles. The van der Waals surface area contributed by atoms with Crippen LogP contribution in [0.15, 0.2) is 36.5 Å². The molecule has 11 heteroatoms. The summed E-state index contributed by atoms with van der Waals surface area (Å²) in [6, 6.07) is 7.44. The fourth-order valence-corrected chi connectivity index (χ4v) is 5.82. The number of amides is 1. The highest BCUT2D eigenvalue weighted by atomic mass is 32.2. The monoisotopic (exact) mass is 534 g/mol. The third-order valence-electron chi connectivity index (χ3n) is 6.06. The number of rotatable bonds is 6. The highest BCUT2D eigenvalue weighted by Crippen LogP contribution is 2.28. The molecular formula is C26H32F2N4O4S. The number of ether oxygens (including phenoxy) is 1. The van der Waals surface area contributed by atoms with E-state index in [0.717, 1.165) is 6.07 Å². The first-order chi connectivity index (χ1) is 17.4. The average molecular weight is 535 g/mol. The number of aromatic nitrogens is 2. The van der Waals surface area contributed by atoms with Crippen LogP contribution in [-0.2, 0) is 20.3 Å². The molecule has 3 heterocycles. The average Bonchev–Trinajstić information content (AvgIpc) is 3.23. The zero-order valence-corrected chi connectivity index (χ0v) is 22.3. The molecule has 8 nitrogen and oxygen atoms in total. The Hall–Kier alpha value is -3.21. The molecule has 0 N–H and O–H groups in total. The predicted molar refractivity (Wildman–Crippen MR) is 139 cm³/mol. The van der Waals surface area contributed by atoms with Crippen molar-refractivity contribution in [2.45, 2.75) is 45.5 Å². The summed E-state index contributed by atoms with van der Waals surface area (Å²) < 4.78 is 61.5. The van der Waals surface area contributed by atoms with Crippen LogP contribution in [0.4, 0.5) is 19.4 Å². The van der Waals surface area contributed by atoms with Crippen LogP contribution < -0.4 is 4.90 Å². The van der Waals surface area contributed by atoms with Gasteiger partial charge in [0.2, 0.25) is 0 Å². The molecule has 3 aromatic rings. The van der Waals surface area contributed by atoms with Gasteiger partial charge in [-0.2, -0.15) is 0 Å². The number of anilines is 1. The first-order valence-electron chi connectivity index (χ1n) is 12.3. The van der Waals surface area contributed by atoms with Crippen LogP contribution in [0.5, 0.6) is 0 Å². The molecule has 1 amide bonds. The van der Waals surface area contributed by atoms with Gasteiger partial charge in [-0.1, -0.05) is 13.0 Å². The molecule has 0 atom stereocenters. The van der Waals surface area contributed by atoms with E-state index < -0.39 is 32.8 Å². The molecule has 200 valence electrons. The van der Waals surface area contributed by atoms with Gasteiger partial charge in [0.1, 0.15) is 22.9 Å². The predicted octanol–water partition coefficient (Wildman–Crippen LogP) is 4.69. The van der Waals surface area contributed by atoms with Crippen molar-refractivity contribution in [3.8, 4) is 5.69 Å². The summed E-state index contributed by atoms with van der Waals surface area (Å²) in [5, 5.41) is 0. The maximum absolute atomic E-state index is 15.4. The van der Waals surface area contributed by atoms with Crippen LogP contribution in [0.1, 0.15) is 39.7 Å². The fraction of sp³-hybridized carbons (Fsp3) is 0.462. The van der Waals surface area contributed by atoms with Crippen LogP contribution in [-0.4, -0.2) is 66.5 Å². The summed E-state index contributed by atoms with van der Waals surface area (Å²) in [5.74, 6) is -1.57. The zero-order chi connectivity index (χ0) is 27.0. The van der Waals surface area contributed by atoms with Gasteiger partial charge < -0.3 is 19.1 Å². The number of hydrogen-bond donors (Lipinski definition) is 0. The molecule has 1 saturated heterocycles. The third-order valence-corrected chi connectivity index (χ3v) is 7.84. The molecule has 1 aliphatic rings. The van der Waals surface area contributed by atoms with E-state index in [0.29, 0.717) is 49.5 Å². The SMILES string of the molecule is CCCS(=O)(=O)Cc1ccc(F)c(-n2ccc3nc(N4CCN(C(=O)OC(C)(C)C)CC4)ccc32)c1F. The molecule has 0 radical (unpaired) electrons. The molecule has 0 spiro atoms. The van der Waals surface area contributed by atoms with E-state index in [4.69, 9.17) is 4.74 Å². The van der Waals surface area contributed by atoms with E-state index in [1.165, 1.54) is 16.8 Å². The van der Waals surface area contributed by atoms with E-state index >= 15 is 4.39 Å². The van der Waals surface area contributed by atoms with E-state index in [9.17, 15) is 17.6 Å². The fourth-order valence-electron chi connectivity index (χ4n) is 4.36. The lowest BCUT2D eigenvalue weighted by molar-refractivity contribution is 0.0240. The van der Waals surface area contributed by atoms with Crippen LogP contribution in [0.3, 0.4) is 0 Å². The summed E-state index contributed by atoms with van der Waals surface area (Å²) in [7, 11) is -3.51. The minimum Gasteiger partial charge on any atom is -0.444 e. The Morgan fingerprint density at radius 3 is 2.41 bits per heavy atom. The molecule has 0 saturated carbocycles. The van der Waals surface area contributed by atoms with Crippen LogP contribution in [0.2, 0.25) is 0 Å². The van der Waals surface area contributed by atoms with Crippen LogP contribution >= 0.6 is 0 Å². The van der Waals surface area contributed by atoms with Crippen molar-refractivity contribution < 1.29 is 26.7 Å². The van der Waals surface area contributed by atoms with Gasteiger partial charge in [-0.15, -0.1) is 0 Å². The second-order valence-electron chi connectivity index (χ2n) is 10.2. The minimum absolute atomic E-state index is 0.0651. The van der Waals surface area contributed by atoms with Crippen molar-refractivity contribution in [1.29, 1.82) is 0 Å². The zero-order valence-electron chi connectivity index (χ0n) is 21.5. The van der Waals surface area contributed by atoms with Gasteiger partial charge in [0.05, 0.1) is 22.5 Å². The minimum atomic E-state index is -3.51. The number of nitrogens with zero attached hydrogens (tertiary/aromatic N) is 4. The largest absolute Gasteiger partial charge is 0.444 e. The summed E-state index contributed by atoms with van der Waals surface area (Å²) in [5.41, 5.74) is 0.0622. The highest BCUT2D eigenvalue weighted by molar-refractivity contribution is 7.90. The molecule has 0 unspecified atom stereocenters. The number of fused-ring (bicyclic) bond motifs is 1. The Morgan fingerprint density at radius 1 is 1.05 bits per heavy atom. The number of hydrogen-bond acceptors (Lipinski definition) is 6. The first-order valence-corrected chi connectivity index (χ1v) is 14.1. The second kappa shape index (κ2) is 10.3. The summed E-state index contributed by atoms with van der Waals surface area (Å²) in [6.07, 6.45) is 1.60. The summed E-state index contributed by atoms with van der Waals surface area (Å²) in [6.45, 7) is 9.32. The van der Waals surface area contributed by atoms with Gasteiger partial charge in [0.25, 0.3) is 0 Å². The number of sulfone groups is 1. The lowest BCUT2D eigenvalue weighted by atomic mass is 10.2. The van der Waals surface area contributed by atoms with Crippen molar-refractivity contribution in [3.05, 3.63) is 53.7 Å².